The third-order valence-electron chi connectivity index (χ3n) is 3.54. The molecular formula is C15H17N3O2S. The van der Waals surface area contributed by atoms with E-state index in [1.54, 1.807) is 6.20 Å². The van der Waals surface area contributed by atoms with Gasteiger partial charge < -0.3 is 9.64 Å². The fraction of sp³-hybridized carbons (Fsp3) is 0.400. The van der Waals surface area contributed by atoms with E-state index in [2.05, 4.69) is 9.97 Å². The van der Waals surface area contributed by atoms with Crippen LogP contribution in [0, 0.1) is 13.8 Å². The van der Waals surface area contributed by atoms with E-state index < -0.39 is 0 Å². The van der Waals surface area contributed by atoms with Crippen molar-refractivity contribution in [2.45, 2.75) is 20.0 Å². The van der Waals surface area contributed by atoms with Gasteiger partial charge in [0.05, 0.1) is 23.7 Å². The summed E-state index contributed by atoms with van der Waals surface area (Å²) in [4.78, 5) is 23.7. The predicted octanol–water partition coefficient (Wildman–Crippen LogP) is 2.37. The molecule has 1 atom stereocenters. The second-order valence-electron chi connectivity index (χ2n) is 5.07. The Kier molecular flexibility index (Phi) is 3.98. The molecule has 0 radical (unpaired) electrons. The number of hydrogen-bond acceptors (Lipinski definition) is 5. The molecule has 110 valence electrons. The Hall–Kier alpha value is -1.79. The number of carbonyl (C=O) groups excluding carboxylic acids is 1. The van der Waals surface area contributed by atoms with E-state index in [4.69, 9.17) is 4.74 Å². The maximum absolute atomic E-state index is 12.6. The summed E-state index contributed by atoms with van der Waals surface area (Å²) >= 11 is 1.49. The monoisotopic (exact) mass is 303 g/mol. The number of hydrogen-bond donors (Lipinski definition) is 0. The summed E-state index contributed by atoms with van der Waals surface area (Å²) in [5.74, 6) is 0.801. The highest BCUT2D eigenvalue weighted by atomic mass is 32.1. The molecule has 0 spiro atoms. The van der Waals surface area contributed by atoms with Gasteiger partial charge in [0.1, 0.15) is 11.9 Å². The van der Waals surface area contributed by atoms with Gasteiger partial charge in [0.2, 0.25) is 0 Å². The number of aryl methyl sites for hydroxylation is 2. The summed E-state index contributed by atoms with van der Waals surface area (Å²) in [6, 6.07) is 3.83. The van der Waals surface area contributed by atoms with Crippen LogP contribution >= 0.6 is 11.3 Å². The third-order valence-corrected chi connectivity index (χ3v) is 4.54. The summed E-state index contributed by atoms with van der Waals surface area (Å²) in [5, 5.41) is 1.95. The topological polar surface area (TPSA) is 55.3 Å². The normalized spacial score (nSPS) is 18.8. The van der Waals surface area contributed by atoms with Crippen molar-refractivity contribution in [3.8, 4) is 0 Å². The third kappa shape index (κ3) is 2.96. The Balaban J connectivity index is 1.77. The first kappa shape index (κ1) is 14.2. The number of rotatable bonds is 2. The SMILES string of the molecule is Cc1nccc([C@H]2CN(C(=O)c3sccc3C)CCO2)n1. The molecule has 2 aromatic heterocycles. The molecule has 3 rings (SSSR count). The van der Waals surface area contributed by atoms with Crippen LogP contribution in [-0.2, 0) is 4.74 Å². The van der Waals surface area contributed by atoms with Gasteiger partial charge in [0, 0.05) is 12.7 Å². The lowest BCUT2D eigenvalue weighted by atomic mass is 10.2. The van der Waals surface area contributed by atoms with Crippen molar-refractivity contribution in [1.82, 2.24) is 14.9 Å². The zero-order valence-corrected chi connectivity index (χ0v) is 12.9. The Morgan fingerprint density at radius 2 is 2.29 bits per heavy atom. The summed E-state index contributed by atoms with van der Waals surface area (Å²) < 4.78 is 5.77. The minimum absolute atomic E-state index is 0.0848. The molecule has 0 unspecified atom stereocenters. The van der Waals surface area contributed by atoms with Crippen LogP contribution in [-0.4, -0.2) is 40.5 Å². The number of carbonyl (C=O) groups is 1. The van der Waals surface area contributed by atoms with Gasteiger partial charge in [0.15, 0.2) is 0 Å². The van der Waals surface area contributed by atoms with Gasteiger partial charge in [-0.2, -0.15) is 0 Å². The summed E-state index contributed by atoms with van der Waals surface area (Å²) in [5.41, 5.74) is 1.87. The second kappa shape index (κ2) is 5.91. The Bertz CT molecular complexity index is 656. The maximum Gasteiger partial charge on any atom is 0.264 e. The lowest BCUT2D eigenvalue weighted by Gasteiger charge is -2.32. The van der Waals surface area contributed by atoms with Gasteiger partial charge in [-0.25, -0.2) is 9.97 Å². The number of thiophene rings is 1. The van der Waals surface area contributed by atoms with Gasteiger partial charge in [-0.3, -0.25) is 4.79 Å². The van der Waals surface area contributed by atoms with Crippen LogP contribution < -0.4 is 0 Å². The van der Waals surface area contributed by atoms with Crippen LogP contribution in [0.2, 0.25) is 0 Å². The molecule has 1 aliphatic rings. The van der Waals surface area contributed by atoms with Crippen molar-refractivity contribution in [2.75, 3.05) is 19.7 Å². The Labute approximate surface area is 127 Å². The summed E-state index contributed by atoms with van der Waals surface area (Å²) in [6.07, 6.45) is 1.55. The lowest BCUT2D eigenvalue weighted by molar-refractivity contribution is -0.0247. The largest absolute Gasteiger partial charge is 0.368 e. The molecule has 5 nitrogen and oxygen atoms in total. The van der Waals surface area contributed by atoms with E-state index in [1.807, 2.05) is 36.3 Å². The van der Waals surface area contributed by atoms with Crippen molar-refractivity contribution in [3.05, 3.63) is 45.7 Å². The van der Waals surface area contributed by atoms with Crippen molar-refractivity contribution in [3.63, 3.8) is 0 Å². The van der Waals surface area contributed by atoms with Gasteiger partial charge in [0.25, 0.3) is 5.91 Å². The van der Waals surface area contributed by atoms with Gasteiger partial charge >= 0.3 is 0 Å². The van der Waals surface area contributed by atoms with Gasteiger partial charge in [-0.1, -0.05) is 0 Å². The van der Waals surface area contributed by atoms with Gasteiger partial charge in [-0.05, 0) is 36.9 Å². The summed E-state index contributed by atoms with van der Waals surface area (Å²) in [7, 11) is 0. The first-order valence-electron chi connectivity index (χ1n) is 6.89. The average Bonchev–Trinajstić information content (AvgIpc) is 2.93. The summed E-state index contributed by atoms with van der Waals surface area (Å²) in [6.45, 7) is 5.51. The minimum atomic E-state index is -0.176. The molecule has 0 saturated carbocycles. The number of nitrogens with zero attached hydrogens (tertiary/aromatic N) is 3. The van der Waals surface area contributed by atoms with Crippen molar-refractivity contribution >= 4 is 17.2 Å². The number of aromatic nitrogens is 2. The van der Waals surface area contributed by atoms with Crippen LogP contribution in [0.25, 0.3) is 0 Å². The quantitative estimate of drug-likeness (QED) is 0.854. The molecule has 3 heterocycles. The van der Waals surface area contributed by atoms with E-state index >= 15 is 0 Å². The zero-order valence-electron chi connectivity index (χ0n) is 12.1. The van der Waals surface area contributed by atoms with E-state index in [-0.39, 0.29) is 12.0 Å². The molecule has 21 heavy (non-hydrogen) atoms. The van der Waals surface area contributed by atoms with Gasteiger partial charge in [-0.15, -0.1) is 11.3 Å². The number of morpholine rings is 1. The van der Waals surface area contributed by atoms with Crippen LogP contribution in [0.15, 0.2) is 23.7 Å². The van der Waals surface area contributed by atoms with Crippen molar-refractivity contribution in [2.24, 2.45) is 0 Å². The molecule has 0 bridgehead atoms. The van der Waals surface area contributed by atoms with Crippen LogP contribution in [0.5, 0.6) is 0 Å². The Morgan fingerprint density at radius 3 is 3.00 bits per heavy atom. The Morgan fingerprint density at radius 1 is 1.43 bits per heavy atom. The van der Waals surface area contributed by atoms with Crippen LogP contribution in [0.4, 0.5) is 0 Å². The van der Waals surface area contributed by atoms with E-state index in [1.165, 1.54) is 11.3 Å². The van der Waals surface area contributed by atoms with E-state index in [9.17, 15) is 4.79 Å². The maximum atomic E-state index is 12.6. The first-order valence-corrected chi connectivity index (χ1v) is 7.77. The fourth-order valence-corrected chi connectivity index (χ4v) is 3.29. The minimum Gasteiger partial charge on any atom is -0.368 e. The van der Waals surface area contributed by atoms with Crippen LogP contribution in [0.1, 0.15) is 32.9 Å². The molecule has 2 aromatic rings. The lowest BCUT2D eigenvalue weighted by Crippen LogP contribution is -2.42. The second-order valence-corrected chi connectivity index (χ2v) is 5.99. The molecular weight excluding hydrogens is 286 g/mol. The molecule has 0 aliphatic carbocycles. The van der Waals surface area contributed by atoms with Crippen LogP contribution in [0.3, 0.4) is 0 Å². The number of ether oxygens (including phenoxy) is 1. The van der Waals surface area contributed by atoms with Crippen molar-refractivity contribution < 1.29 is 9.53 Å². The molecule has 1 saturated heterocycles. The smallest absolute Gasteiger partial charge is 0.264 e. The predicted molar refractivity (Wildman–Crippen MR) is 80.4 cm³/mol. The molecule has 0 aromatic carbocycles. The molecule has 1 aliphatic heterocycles. The average molecular weight is 303 g/mol. The standard InChI is InChI=1S/C15H17N3O2S/c1-10-4-8-21-14(10)15(19)18-6-7-20-13(9-18)12-3-5-16-11(2)17-12/h3-5,8,13H,6-7,9H2,1-2H3/t13-/m1/s1. The highest BCUT2D eigenvalue weighted by Gasteiger charge is 2.28. The zero-order chi connectivity index (χ0) is 14.8. The fourth-order valence-electron chi connectivity index (χ4n) is 2.40. The molecule has 0 N–H and O–H groups in total. The molecule has 6 heteroatoms. The van der Waals surface area contributed by atoms with Crippen molar-refractivity contribution in [1.29, 1.82) is 0 Å². The molecule has 1 amide bonds. The highest BCUT2D eigenvalue weighted by molar-refractivity contribution is 7.12. The molecule has 1 fully saturated rings. The first-order chi connectivity index (χ1) is 10.1. The van der Waals surface area contributed by atoms with E-state index in [0.29, 0.717) is 25.5 Å². The van der Waals surface area contributed by atoms with E-state index in [0.717, 1.165) is 16.1 Å². The highest BCUT2D eigenvalue weighted by Crippen LogP contribution is 2.24. The number of amides is 1.